The Kier molecular flexibility index (Phi) is 4.88. The quantitative estimate of drug-likeness (QED) is 0.621. The van der Waals surface area contributed by atoms with Crippen LogP contribution in [0.1, 0.15) is 43.1 Å². The summed E-state index contributed by atoms with van der Waals surface area (Å²) in [5, 5.41) is 0. The predicted octanol–water partition coefficient (Wildman–Crippen LogP) is 3.00. The lowest BCUT2D eigenvalue weighted by atomic mass is 9.89. The minimum absolute atomic E-state index is 0.0838. The summed E-state index contributed by atoms with van der Waals surface area (Å²) in [6.45, 7) is 7.68. The number of carbonyl (C=O) groups excluding carboxylic acids is 3. The fourth-order valence-electron chi connectivity index (χ4n) is 2.47. The molecule has 0 N–H and O–H groups in total. The van der Waals surface area contributed by atoms with E-state index >= 15 is 0 Å². The molecule has 0 aliphatic carbocycles. The molecule has 1 saturated heterocycles. The van der Waals surface area contributed by atoms with Crippen molar-refractivity contribution in [3.63, 3.8) is 0 Å². The number of nitrogens with zero attached hydrogens (tertiary/aromatic N) is 1. The van der Waals surface area contributed by atoms with Crippen LogP contribution in [0.2, 0.25) is 0 Å². The van der Waals surface area contributed by atoms with Crippen molar-refractivity contribution < 1.29 is 19.1 Å². The van der Waals surface area contributed by atoms with Crippen LogP contribution >= 0.6 is 0 Å². The smallest absolute Gasteiger partial charge is 0.410 e. The first kappa shape index (κ1) is 17.2. The lowest BCUT2D eigenvalue weighted by Gasteiger charge is -2.32. The molecule has 1 aliphatic heterocycles. The average Bonchev–Trinajstić information content (AvgIpc) is 2.46. The largest absolute Gasteiger partial charge is 0.444 e. The van der Waals surface area contributed by atoms with Gasteiger partial charge in [0.25, 0.3) is 0 Å². The first-order chi connectivity index (χ1) is 10.7. The van der Waals surface area contributed by atoms with Crippen molar-refractivity contribution >= 4 is 17.7 Å². The zero-order chi connectivity index (χ0) is 17.2. The Morgan fingerprint density at radius 3 is 2.35 bits per heavy atom. The Hall–Kier alpha value is -2.17. The molecule has 0 saturated carbocycles. The second-order valence-electron chi connectivity index (χ2n) is 6.93. The molecule has 2 rings (SSSR count). The van der Waals surface area contributed by atoms with Gasteiger partial charge in [-0.25, -0.2) is 4.79 Å². The van der Waals surface area contributed by atoms with E-state index in [9.17, 15) is 14.4 Å². The Labute approximate surface area is 136 Å². The van der Waals surface area contributed by atoms with E-state index in [0.717, 1.165) is 5.56 Å². The maximum Gasteiger partial charge on any atom is 0.410 e. The topological polar surface area (TPSA) is 63.7 Å². The summed E-state index contributed by atoms with van der Waals surface area (Å²) in [7, 11) is 0. The van der Waals surface area contributed by atoms with Crippen molar-refractivity contribution in [2.75, 3.05) is 13.1 Å². The van der Waals surface area contributed by atoms with E-state index in [-0.39, 0.29) is 24.5 Å². The molecule has 124 valence electrons. The summed E-state index contributed by atoms with van der Waals surface area (Å²) < 4.78 is 5.33. The number of hydrogen-bond acceptors (Lipinski definition) is 4. The Bertz CT molecular complexity index is 613. The first-order valence-corrected chi connectivity index (χ1v) is 7.79. The molecule has 1 heterocycles. The van der Waals surface area contributed by atoms with Crippen molar-refractivity contribution in [3.8, 4) is 0 Å². The van der Waals surface area contributed by atoms with E-state index in [2.05, 4.69) is 0 Å². The molecular weight excluding hydrogens is 294 g/mol. The number of ether oxygens (including phenoxy) is 1. The number of rotatable bonds is 2. The van der Waals surface area contributed by atoms with Crippen LogP contribution in [0.5, 0.6) is 0 Å². The van der Waals surface area contributed by atoms with E-state index in [1.165, 1.54) is 4.90 Å². The fourth-order valence-corrected chi connectivity index (χ4v) is 2.47. The van der Waals surface area contributed by atoms with Crippen LogP contribution in [0.4, 0.5) is 4.79 Å². The molecule has 5 heteroatoms. The highest BCUT2D eigenvalue weighted by Crippen LogP contribution is 2.21. The third-order valence-electron chi connectivity index (χ3n) is 3.72. The fraction of sp³-hybridized carbons (Fsp3) is 0.500. The van der Waals surface area contributed by atoms with Crippen LogP contribution in [0.15, 0.2) is 24.3 Å². The van der Waals surface area contributed by atoms with Gasteiger partial charge in [-0.2, -0.15) is 0 Å². The summed E-state index contributed by atoms with van der Waals surface area (Å²) in [6, 6.07) is 7.12. The van der Waals surface area contributed by atoms with Gasteiger partial charge in [0, 0.05) is 25.1 Å². The number of Topliss-reactive ketones (excluding diaryl/α,β-unsaturated/α-hetero) is 2. The second kappa shape index (κ2) is 6.52. The Morgan fingerprint density at radius 2 is 1.78 bits per heavy atom. The van der Waals surface area contributed by atoms with Crippen molar-refractivity contribution in [2.45, 2.75) is 39.7 Å². The van der Waals surface area contributed by atoms with Crippen LogP contribution < -0.4 is 0 Å². The van der Waals surface area contributed by atoms with Crippen molar-refractivity contribution in [1.29, 1.82) is 0 Å². The van der Waals surface area contributed by atoms with Crippen LogP contribution in [0.3, 0.4) is 0 Å². The molecule has 1 unspecified atom stereocenters. The number of piperidine rings is 1. The maximum atomic E-state index is 12.6. The molecular formula is C18H23NO4. The molecule has 5 nitrogen and oxygen atoms in total. The summed E-state index contributed by atoms with van der Waals surface area (Å²) in [5.74, 6) is -1.15. The SMILES string of the molecule is Cc1ccc(C(=O)C2CN(C(=O)OC(C)(C)C)CCC2=O)cc1. The lowest BCUT2D eigenvalue weighted by Crippen LogP contribution is -2.48. The highest BCUT2D eigenvalue weighted by Gasteiger charge is 2.36. The molecule has 1 amide bonds. The second-order valence-corrected chi connectivity index (χ2v) is 6.93. The van der Waals surface area contributed by atoms with E-state index in [0.29, 0.717) is 12.1 Å². The van der Waals surface area contributed by atoms with Crippen molar-refractivity contribution in [1.82, 2.24) is 4.90 Å². The zero-order valence-electron chi connectivity index (χ0n) is 14.1. The molecule has 1 aromatic carbocycles. The summed E-state index contributed by atoms with van der Waals surface area (Å²) in [5.41, 5.74) is 0.946. The van der Waals surface area contributed by atoms with Crippen LogP contribution in [0, 0.1) is 12.8 Å². The van der Waals surface area contributed by atoms with E-state index in [4.69, 9.17) is 4.74 Å². The monoisotopic (exact) mass is 317 g/mol. The molecule has 1 aromatic rings. The van der Waals surface area contributed by atoms with Gasteiger partial charge in [-0.05, 0) is 27.7 Å². The van der Waals surface area contributed by atoms with E-state index in [1.54, 1.807) is 32.9 Å². The number of benzene rings is 1. The van der Waals surface area contributed by atoms with Gasteiger partial charge in [0.2, 0.25) is 0 Å². The van der Waals surface area contributed by atoms with Gasteiger partial charge in [0.1, 0.15) is 11.4 Å². The highest BCUT2D eigenvalue weighted by atomic mass is 16.6. The number of amides is 1. The maximum absolute atomic E-state index is 12.6. The predicted molar refractivity (Wildman–Crippen MR) is 86.4 cm³/mol. The average molecular weight is 317 g/mol. The molecule has 0 spiro atoms. The van der Waals surface area contributed by atoms with Gasteiger partial charge < -0.3 is 9.64 Å². The normalized spacial score (nSPS) is 18.7. The van der Waals surface area contributed by atoms with Gasteiger partial charge in [-0.1, -0.05) is 29.8 Å². The molecule has 23 heavy (non-hydrogen) atoms. The van der Waals surface area contributed by atoms with Gasteiger partial charge >= 0.3 is 6.09 Å². The molecule has 1 aliphatic rings. The number of ketones is 2. The van der Waals surface area contributed by atoms with Crippen LogP contribution in [-0.4, -0.2) is 41.3 Å². The summed E-state index contributed by atoms with van der Waals surface area (Å²) >= 11 is 0. The highest BCUT2D eigenvalue weighted by molar-refractivity contribution is 6.11. The van der Waals surface area contributed by atoms with Crippen LogP contribution in [0.25, 0.3) is 0 Å². The number of carbonyl (C=O) groups is 3. The zero-order valence-corrected chi connectivity index (χ0v) is 14.1. The summed E-state index contributed by atoms with van der Waals surface area (Å²) in [4.78, 5) is 38.3. The van der Waals surface area contributed by atoms with E-state index < -0.39 is 17.6 Å². The third-order valence-corrected chi connectivity index (χ3v) is 3.72. The van der Waals surface area contributed by atoms with Crippen molar-refractivity contribution in [3.05, 3.63) is 35.4 Å². The van der Waals surface area contributed by atoms with E-state index in [1.807, 2.05) is 19.1 Å². The number of likely N-dealkylation sites (tertiary alicyclic amines) is 1. The molecule has 1 fully saturated rings. The summed E-state index contributed by atoms with van der Waals surface area (Å²) in [6.07, 6.45) is -0.298. The van der Waals surface area contributed by atoms with Gasteiger partial charge in [0.15, 0.2) is 5.78 Å². The minimum Gasteiger partial charge on any atom is -0.444 e. The van der Waals surface area contributed by atoms with Gasteiger partial charge in [0.05, 0.1) is 5.92 Å². The lowest BCUT2D eigenvalue weighted by molar-refractivity contribution is -0.124. The number of aryl methyl sites for hydroxylation is 1. The Balaban J connectivity index is 2.11. The van der Waals surface area contributed by atoms with Crippen LogP contribution in [-0.2, 0) is 9.53 Å². The number of hydrogen-bond donors (Lipinski definition) is 0. The third kappa shape index (κ3) is 4.41. The first-order valence-electron chi connectivity index (χ1n) is 7.79. The standard InChI is InChI=1S/C18H23NO4/c1-12-5-7-13(8-6-12)16(21)14-11-19(10-9-15(14)20)17(22)23-18(2,3)4/h5-8,14H,9-11H2,1-4H3. The van der Waals surface area contributed by atoms with Gasteiger partial charge in [-0.15, -0.1) is 0 Å². The minimum atomic E-state index is -0.807. The Morgan fingerprint density at radius 1 is 1.17 bits per heavy atom. The molecule has 0 bridgehead atoms. The molecule has 0 aromatic heterocycles. The van der Waals surface area contributed by atoms with Crippen molar-refractivity contribution in [2.24, 2.45) is 5.92 Å². The molecule has 1 atom stereocenters. The van der Waals surface area contributed by atoms with Gasteiger partial charge in [-0.3, -0.25) is 9.59 Å². The molecule has 0 radical (unpaired) electrons.